The smallest absolute Gasteiger partial charge is 0.271 e. The molecule has 1 aromatic heterocycles. The molecule has 2 aromatic rings. The highest BCUT2D eigenvalue weighted by atomic mass is 79.9. The van der Waals surface area contributed by atoms with Crippen LogP contribution in [0.15, 0.2) is 41.3 Å². The largest absolute Gasteiger partial charge is 0.347 e. The van der Waals surface area contributed by atoms with E-state index in [-0.39, 0.29) is 24.0 Å². The Morgan fingerprint density at radius 3 is 2.83 bits per heavy atom. The number of amides is 1. The van der Waals surface area contributed by atoms with Crippen LogP contribution in [0.2, 0.25) is 0 Å². The average molecular weight is 310 g/mol. The minimum absolute atomic E-state index is 0.217. The highest BCUT2D eigenvalue weighted by Crippen LogP contribution is 2.05. The van der Waals surface area contributed by atoms with E-state index in [4.69, 9.17) is 0 Å². The number of nitrogens with zero attached hydrogens (tertiary/aromatic N) is 2. The van der Waals surface area contributed by atoms with Crippen molar-refractivity contribution in [2.75, 3.05) is 0 Å². The summed E-state index contributed by atoms with van der Waals surface area (Å²) in [6.45, 7) is 0.244. The van der Waals surface area contributed by atoms with E-state index in [1.807, 2.05) is 0 Å². The van der Waals surface area contributed by atoms with Crippen molar-refractivity contribution in [1.29, 1.82) is 0 Å². The van der Waals surface area contributed by atoms with Crippen molar-refractivity contribution in [2.24, 2.45) is 0 Å². The predicted molar refractivity (Wildman–Crippen MR) is 67.3 cm³/mol. The van der Waals surface area contributed by atoms with Gasteiger partial charge in [-0.3, -0.25) is 4.79 Å². The van der Waals surface area contributed by atoms with Gasteiger partial charge in [-0.25, -0.2) is 14.4 Å². The Morgan fingerprint density at radius 2 is 2.17 bits per heavy atom. The molecular weight excluding hydrogens is 301 g/mol. The van der Waals surface area contributed by atoms with Crippen LogP contribution >= 0.6 is 15.9 Å². The number of aromatic nitrogens is 2. The minimum Gasteiger partial charge on any atom is -0.347 e. The lowest BCUT2D eigenvalue weighted by atomic mass is 10.2. The molecule has 1 aromatic carbocycles. The summed E-state index contributed by atoms with van der Waals surface area (Å²) in [7, 11) is 0. The molecule has 2 rings (SSSR count). The van der Waals surface area contributed by atoms with Crippen LogP contribution in [0.4, 0.5) is 4.39 Å². The summed E-state index contributed by atoms with van der Waals surface area (Å²) in [6.07, 6.45) is 2.81. The van der Waals surface area contributed by atoms with E-state index >= 15 is 0 Å². The molecule has 1 heterocycles. The third-order valence-electron chi connectivity index (χ3n) is 2.20. The quantitative estimate of drug-likeness (QED) is 0.946. The van der Waals surface area contributed by atoms with Crippen LogP contribution in [0.25, 0.3) is 0 Å². The zero-order valence-corrected chi connectivity index (χ0v) is 10.8. The SMILES string of the molecule is O=C(NCc1cccc(F)c1)c1cnc(Br)cn1. The molecule has 0 saturated heterocycles. The molecule has 18 heavy (non-hydrogen) atoms. The van der Waals surface area contributed by atoms with Crippen LogP contribution in [0.1, 0.15) is 16.1 Å². The lowest BCUT2D eigenvalue weighted by Crippen LogP contribution is -2.23. The third kappa shape index (κ3) is 3.33. The average Bonchev–Trinajstić information content (AvgIpc) is 2.37. The van der Waals surface area contributed by atoms with Crippen molar-refractivity contribution < 1.29 is 9.18 Å². The number of rotatable bonds is 3. The molecular formula is C12H9BrFN3O. The molecule has 0 unspecified atom stereocenters. The molecule has 92 valence electrons. The van der Waals surface area contributed by atoms with Gasteiger partial charge >= 0.3 is 0 Å². The van der Waals surface area contributed by atoms with Gasteiger partial charge in [-0.15, -0.1) is 0 Å². The van der Waals surface area contributed by atoms with Gasteiger partial charge in [0.1, 0.15) is 16.1 Å². The minimum atomic E-state index is -0.348. The Morgan fingerprint density at radius 1 is 1.33 bits per heavy atom. The number of carbonyl (C=O) groups is 1. The Balaban J connectivity index is 1.98. The van der Waals surface area contributed by atoms with Gasteiger partial charge in [0.2, 0.25) is 0 Å². The first-order valence-electron chi connectivity index (χ1n) is 5.15. The molecule has 0 saturated carbocycles. The van der Waals surface area contributed by atoms with Gasteiger partial charge in [0, 0.05) is 6.54 Å². The first kappa shape index (κ1) is 12.6. The Labute approximate surface area is 111 Å². The van der Waals surface area contributed by atoms with E-state index in [9.17, 15) is 9.18 Å². The summed E-state index contributed by atoms with van der Waals surface area (Å²) >= 11 is 3.13. The molecule has 0 spiro atoms. The maximum absolute atomic E-state index is 12.9. The molecule has 0 aliphatic carbocycles. The van der Waals surface area contributed by atoms with Crippen molar-refractivity contribution in [3.8, 4) is 0 Å². The molecule has 0 bridgehead atoms. The van der Waals surface area contributed by atoms with Gasteiger partial charge in [-0.2, -0.15) is 0 Å². The van der Waals surface area contributed by atoms with Crippen LogP contribution in [0.3, 0.4) is 0 Å². The predicted octanol–water partition coefficient (Wildman–Crippen LogP) is 2.31. The maximum atomic E-state index is 12.9. The Kier molecular flexibility index (Phi) is 3.99. The highest BCUT2D eigenvalue weighted by Gasteiger charge is 2.07. The van der Waals surface area contributed by atoms with Crippen molar-refractivity contribution in [3.63, 3.8) is 0 Å². The number of hydrogen-bond donors (Lipinski definition) is 1. The maximum Gasteiger partial charge on any atom is 0.271 e. The zero-order valence-electron chi connectivity index (χ0n) is 9.23. The van der Waals surface area contributed by atoms with Gasteiger partial charge in [-0.05, 0) is 33.6 Å². The third-order valence-corrected chi connectivity index (χ3v) is 2.60. The fourth-order valence-corrected chi connectivity index (χ4v) is 1.55. The first-order valence-corrected chi connectivity index (χ1v) is 5.94. The summed E-state index contributed by atoms with van der Waals surface area (Å²) in [4.78, 5) is 19.5. The van der Waals surface area contributed by atoms with Crippen LogP contribution in [0.5, 0.6) is 0 Å². The standard InChI is InChI=1S/C12H9BrFN3O/c13-11-7-15-10(6-16-11)12(18)17-5-8-2-1-3-9(14)4-8/h1-4,6-7H,5H2,(H,17,18). The second-order valence-electron chi connectivity index (χ2n) is 3.54. The molecule has 1 N–H and O–H groups in total. The van der Waals surface area contributed by atoms with E-state index in [2.05, 4.69) is 31.2 Å². The molecule has 0 aliphatic rings. The lowest BCUT2D eigenvalue weighted by Gasteiger charge is -2.04. The monoisotopic (exact) mass is 309 g/mol. The molecule has 0 aliphatic heterocycles. The first-order chi connectivity index (χ1) is 8.65. The zero-order chi connectivity index (χ0) is 13.0. The number of nitrogens with one attached hydrogen (secondary N) is 1. The Bertz CT molecular complexity index is 560. The normalized spacial score (nSPS) is 10.1. The second kappa shape index (κ2) is 5.68. The van der Waals surface area contributed by atoms with Crippen LogP contribution in [-0.2, 0) is 6.54 Å². The van der Waals surface area contributed by atoms with E-state index in [1.54, 1.807) is 12.1 Å². The Hall–Kier alpha value is -1.82. The number of hydrogen-bond acceptors (Lipinski definition) is 3. The number of carbonyl (C=O) groups excluding carboxylic acids is 1. The number of halogens is 2. The topological polar surface area (TPSA) is 54.9 Å². The summed E-state index contributed by atoms with van der Waals surface area (Å²) < 4.78 is 13.5. The van der Waals surface area contributed by atoms with Gasteiger partial charge in [0.25, 0.3) is 5.91 Å². The van der Waals surface area contributed by atoms with Gasteiger partial charge in [0.05, 0.1) is 12.4 Å². The summed E-state index contributed by atoms with van der Waals surface area (Å²) in [5.41, 5.74) is 0.906. The van der Waals surface area contributed by atoms with Crippen LogP contribution < -0.4 is 5.32 Å². The second-order valence-corrected chi connectivity index (χ2v) is 4.35. The fraction of sp³-hybridized carbons (Fsp3) is 0.0833. The summed E-state index contributed by atoms with van der Waals surface area (Å²) in [5.74, 6) is -0.676. The fourth-order valence-electron chi connectivity index (χ4n) is 1.35. The van der Waals surface area contributed by atoms with E-state index < -0.39 is 0 Å². The number of benzene rings is 1. The van der Waals surface area contributed by atoms with Gasteiger partial charge in [0.15, 0.2) is 0 Å². The van der Waals surface area contributed by atoms with Crippen molar-refractivity contribution in [2.45, 2.75) is 6.54 Å². The summed E-state index contributed by atoms with van der Waals surface area (Å²) in [5, 5.41) is 2.64. The molecule has 0 radical (unpaired) electrons. The molecule has 0 fully saturated rings. The van der Waals surface area contributed by atoms with Crippen molar-refractivity contribution in [3.05, 3.63) is 58.3 Å². The van der Waals surface area contributed by atoms with Gasteiger partial charge in [-0.1, -0.05) is 12.1 Å². The van der Waals surface area contributed by atoms with E-state index in [1.165, 1.54) is 24.5 Å². The molecule has 1 amide bonds. The lowest BCUT2D eigenvalue weighted by molar-refractivity contribution is 0.0945. The van der Waals surface area contributed by atoms with Crippen molar-refractivity contribution in [1.82, 2.24) is 15.3 Å². The molecule has 6 heteroatoms. The van der Waals surface area contributed by atoms with E-state index in [0.29, 0.717) is 10.2 Å². The van der Waals surface area contributed by atoms with Crippen LogP contribution in [-0.4, -0.2) is 15.9 Å². The van der Waals surface area contributed by atoms with Crippen molar-refractivity contribution >= 4 is 21.8 Å². The highest BCUT2D eigenvalue weighted by molar-refractivity contribution is 9.10. The summed E-state index contributed by atoms with van der Waals surface area (Å²) in [6, 6.07) is 6.05. The van der Waals surface area contributed by atoms with E-state index in [0.717, 1.165) is 0 Å². The molecule has 4 nitrogen and oxygen atoms in total. The van der Waals surface area contributed by atoms with Gasteiger partial charge < -0.3 is 5.32 Å². The van der Waals surface area contributed by atoms with Crippen LogP contribution in [0, 0.1) is 5.82 Å². The molecule has 0 atom stereocenters.